The molecular formula is C16H15BrN6O3S. The Morgan fingerprint density at radius 2 is 1.93 bits per heavy atom. The van der Waals surface area contributed by atoms with Gasteiger partial charge in [0.2, 0.25) is 10.0 Å². The number of amides is 1. The van der Waals surface area contributed by atoms with Gasteiger partial charge in [0, 0.05) is 11.0 Å². The second kappa shape index (κ2) is 7.94. The Labute approximate surface area is 163 Å². The molecule has 3 rings (SSSR count). The van der Waals surface area contributed by atoms with Gasteiger partial charge in [-0.05, 0) is 52.7 Å². The number of sulfonamides is 1. The summed E-state index contributed by atoms with van der Waals surface area (Å²) in [5.41, 5.74) is 1.84. The molecule has 27 heavy (non-hydrogen) atoms. The molecule has 0 radical (unpaired) electrons. The van der Waals surface area contributed by atoms with E-state index in [4.69, 9.17) is 5.14 Å². The Hall–Kier alpha value is -2.63. The van der Waals surface area contributed by atoms with Gasteiger partial charge in [0.1, 0.15) is 6.33 Å². The predicted molar refractivity (Wildman–Crippen MR) is 101 cm³/mol. The number of nitrogens with zero attached hydrogens (tertiary/aromatic N) is 4. The minimum atomic E-state index is -3.71. The number of hydrogen-bond donors (Lipinski definition) is 2. The molecule has 1 heterocycles. The van der Waals surface area contributed by atoms with Crippen molar-refractivity contribution in [1.82, 2.24) is 25.5 Å². The molecule has 0 bridgehead atoms. The van der Waals surface area contributed by atoms with Crippen LogP contribution in [0.3, 0.4) is 0 Å². The monoisotopic (exact) mass is 450 g/mol. The van der Waals surface area contributed by atoms with E-state index in [-0.39, 0.29) is 10.8 Å². The molecule has 9 nitrogen and oxygen atoms in total. The van der Waals surface area contributed by atoms with Gasteiger partial charge in [-0.3, -0.25) is 4.79 Å². The highest BCUT2D eigenvalue weighted by molar-refractivity contribution is 9.10. The Balaban J connectivity index is 1.67. The van der Waals surface area contributed by atoms with Crippen LogP contribution in [0.25, 0.3) is 5.69 Å². The Bertz CT molecular complexity index is 1050. The lowest BCUT2D eigenvalue weighted by Crippen LogP contribution is -2.27. The summed E-state index contributed by atoms with van der Waals surface area (Å²) in [6.07, 6.45) is 1.94. The summed E-state index contributed by atoms with van der Waals surface area (Å²) in [7, 11) is -3.71. The van der Waals surface area contributed by atoms with Crippen molar-refractivity contribution in [3.05, 3.63) is 64.4 Å². The topological polar surface area (TPSA) is 133 Å². The number of nitrogens with two attached hydrogens (primary N) is 1. The van der Waals surface area contributed by atoms with E-state index in [1.54, 1.807) is 30.3 Å². The van der Waals surface area contributed by atoms with Gasteiger partial charge >= 0.3 is 0 Å². The number of carbonyl (C=O) groups is 1. The summed E-state index contributed by atoms with van der Waals surface area (Å²) in [6.45, 7) is 0.370. The van der Waals surface area contributed by atoms with Gasteiger partial charge in [-0.15, -0.1) is 5.10 Å². The first-order valence-electron chi connectivity index (χ1n) is 7.77. The predicted octanol–water partition coefficient (Wildman–Crippen LogP) is 1.04. The van der Waals surface area contributed by atoms with Crippen molar-refractivity contribution in [2.24, 2.45) is 5.14 Å². The molecular weight excluding hydrogens is 436 g/mol. The van der Waals surface area contributed by atoms with Gasteiger partial charge in [0.05, 0.1) is 16.1 Å². The Morgan fingerprint density at radius 3 is 2.56 bits per heavy atom. The second-order valence-corrected chi connectivity index (χ2v) is 8.09. The molecule has 1 aromatic heterocycles. The van der Waals surface area contributed by atoms with Gasteiger partial charge in [-0.25, -0.2) is 13.6 Å². The highest BCUT2D eigenvalue weighted by Crippen LogP contribution is 2.19. The summed E-state index contributed by atoms with van der Waals surface area (Å²) in [6, 6.07) is 11.4. The molecule has 2 aromatic carbocycles. The van der Waals surface area contributed by atoms with E-state index in [0.717, 1.165) is 10.0 Å². The number of nitrogens with one attached hydrogen (secondary N) is 1. The van der Waals surface area contributed by atoms with Crippen molar-refractivity contribution in [3.8, 4) is 5.69 Å². The van der Waals surface area contributed by atoms with Crippen LogP contribution in [0, 0.1) is 0 Å². The van der Waals surface area contributed by atoms with Crippen molar-refractivity contribution >= 4 is 31.9 Å². The maximum absolute atomic E-state index is 12.6. The molecule has 1 amide bonds. The molecule has 0 saturated heterocycles. The normalized spacial score (nSPS) is 11.3. The van der Waals surface area contributed by atoms with E-state index in [9.17, 15) is 13.2 Å². The van der Waals surface area contributed by atoms with Crippen molar-refractivity contribution < 1.29 is 13.2 Å². The highest BCUT2D eigenvalue weighted by Gasteiger charge is 2.14. The van der Waals surface area contributed by atoms with Crippen LogP contribution in [0.5, 0.6) is 0 Å². The lowest BCUT2D eigenvalue weighted by atomic mass is 10.1. The van der Waals surface area contributed by atoms with Crippen LogP contribution >= 0.6 is 15.9 Å². The number of aromatic nitrogens is 4. The number of rotatable bonds is 6. The number of tetrazole rings is 1. The first-order valence-corrected chi connectivity index (χ1v) is 10.1. The van der Waals surface area contributed by atoms with Crippen LogP contribution in [0.4, 0.5) is 0 Å². The maximum Gasteiger partial charge on any atom is 0.253 e. The second-order valence-electron chi connectivity index (χ2n) is 5.61. The van der Waals surface area contributed by atoms with Crippen LogP contribution in [-0.4, -0.2) is 41.1 Å². The fourth-order valence-corrected chi connectivity index (χ4v) is 3.30. The summed E-state index contributed by atoms with van der Waals surface area (Å²) < 4.78 is 24.7. The van der Waals surface area contributed by atoms with Gasteiger partial charge in [0.15, 0.2) is 0 Å². The fourth-order valence-electron chi connectivity index (χ4n) is 2.42. The van der Waals surface area contributed by atoms with Crippen LogP contribution in [-0.2, 0) is 16.4 Å². The van der Waals surface area contributed by atoms with E-state index >= 15 is 0 Å². The number of hydrogen-bond acceptors (Lipinski definition) is 6. The van der Waals surface area contributed by atoms with Gasteiger partial charge in [-0.2, -0.15) is 4.68 Å². The molecule has 140 valence electrons. The lowest BCUT2D eigenvalue weighted by Gasteiger charge is -2.10. The molecule has 11 heteroatoms. The van der Waals surface area contributed by atoms with Gasteiger partial charge in [-0.1, -0.05) is 28.1 Å². The Morgan fingerprint density at radius 1 is 1.19 bits per heavy atom. The zero-order valence-electron chi connectivity index (χ0n) is 13.9. The minimum Gasteiger partial charge on any atom is -0.352 e. The van der Waals surface area contributed by atoms with Crippen molar-refractivity contribution in [2.45, 2.75) is 11.3 Å². The summed E-state index contributed by atoms with van der Waals surface area (Å²) in [5.74, 6) is -0.275. The van der Waals surface area contributed by atoms with Gasteiger partial charge in [0.25, 0.3) is 5.91 Å². The number of benzene rings is 2. The van der Waals surface area contributed by atoms with E-state index in [2.05, 4.69) is 36.8 Å². The van der Waals surface area contributed by atoms with Crippen LogP contribution in [0.2, 0.25) is 0 Å². The average molecular weight is 451 g/mol. The molecule has 0 aliphatic heterocycles. The van der Waals surface area contributed by atoms with Gasteiger partial charge < -0.3 is 5.32 Å². The summed E-state index contributed by atoms with van der Waals surface area (Å²) in [5, 5.41) is 18.9. The van der Waals surface area contributed by atoms with Crippen LogP contribution in [0.1, 0.15) is 15.9 Å². The number of halogens is 1. The largest absolute Gasteiger partial charge is 0.352 e. The maximum atomic E-state index is 12.6. The van der Waals surface area contributed by atoms with Crippen molar-refractivity contribution in [3.63, 3.8) is 0 Å². The lowest BCUT2D eigenvalue weighted by molar-refractivity contribution is 0.0954. The van der Waals surface area contributed by atoms with E-state index < -0.39 is 10.0 Å². The van der Waals surface area contributed by atoms with E-state index in [1.165, 1.54) is 23.1 Å². The van der Waals surface area contributed by atoms with E-state index in [0.29, 0.717) is 24.2 Å². The molecule has 0 aliphatic rings. The number of primary sulfonamides is 1. The first kappa shape index (κ1) is 19.1. The van der Waals surface area contributed by atoms with Crippen LogP contribution in [0.15, 0.2) is 58.2 Å². The quantitative estimate of drug-likeness (QED) is 0.576. The standard InChI is InChI=1S/C16H15BrN6O3S/c17-12-3-6-15(23-10-20-21-22-23)14(9-12)16(24)19-8-7-11-1-4-13(5-2-11)27(18,25)26/h1-6,9-10H,7-8H2,(H,19,24)(H2,18,25,26). The van der Waals surface area contributed by atoms with Crippen molar-refractivity contribution in [2.75, 3.05) is 6.54 Å². The summed E-state index contributed by atoms with van der Waals surface area (Å²) in [4.78, 5) is 12.6. The highest BCUT2D eigenvalue weighted by atomic mass is 79.9. The summed E-state index contributed by atoms with van der Waals surface area (Å²) >= 11 is 3.36. The Kier molecular flexibility index (Phi) is 5.63. The third-order valence-electron chi connectivity index (χ3n) is 3.75. The first-order chi connectivity index (χ1) is 12.8. The minimum absolute atomic E-state index is 0.0514. The SMILES string of the molecule is NS(=O)(=O)c1ccc(CCNC(=O)c2cc(Br)ccc2-n2cnnn2)cc1. The third kappa shape index (κ3) is 4.76. The molecule has 0 spiro atoms. The molecule has 0 aliphatic carbocycles. The van der Waals surface area contributed by atoms with Crippen LogP contribution < -0.4 is 10.5 Å². The third-order valence-corrected chi connectivity index (χ3v) is 5.17. The fraction of sp³-hybridized carbons (Fsp3) is 0.125. The molecule has 0 atom stereocenters. The number of carbonyl (C=O) groups excluding carboxylic acids is 1. The zero-order chi connectivity index (χ0) is 19.4. The molecule has 3 aromatic rings. The molecule has 0 fully saturated rings. The van der Waals surface area contributed by atoms with E-state index in [1.807, 2.05) is 0 Å². The molecule has 3 N–H and O–H groups in total. The van der Waals surface area contributed by atoms with Crippen molar-refractivity contribution in [1.29, 1.82) is 0 Å². The average Bonchev–Trinajstić information content (AvgIpc) is 3.15. The smallest absolute Gasteiger partial charge is 0.253 e. The molecule has 0 saturated carbocycles. The zero-order valence-corrected chi connectivity index (χ0v) is 16.3. The molecule has 0 unspecified atom stereocenters.